The molecule has 0 bridgehead atoms. The van der Waals surface area contributed by atoms with E-state index in [4.69, 9.17) is 0 Å². The number of alkyl halides is 3. The van der Waals surface area contributed by atoms with E-state index < -0.39 is 12.0 Å². The van der Waals surface area contributed by atoms with Crippen molar-refractivity contribution in [3.63, 3.8) is 0 Å². The summed E-state index contributed by atoms with van der Waals surface area (Å²) in [6, 6.07) is 3.14. The van der Waals surface area contributed by atoms with Gasteiger partial charge in [0.2, 0.25) is 5.82 Å². The van der Waals surface area contributed by atoms with Crippen molar-refractivity contribution in [2.24, 2.45) is 0 Å². The van der Waals surface area contributed by atoms with Crippen LogP contribution in [0.3, 0.4) is 0 Å². The van der Waals surface area contributed by atoms with Crippen LogP contribution >= 0.6 is 0 Å². The zero-order valence-electron chi connectivity index (χ0n) is 10.3. The van der Waals surface area contributed by atoms with Gasteiger partial charge in [-0.05, 0) is 13.3 Å². The van der Waals surface area contributed by atoms with Gasteiger partial charge in [0.15, 0.2) is 5.82 Å². The summed E-state index contributed by atoms with van der Waals surface area (Å²) >= 11 is 0. The Kier molecular flexibility index (Phi) is 3.41. The van der Waals surface area contributed by atoms with Crippen LogP contribution < -0.4 is 5.32 Å². The largest absolute Gasteiger partial charge is 0.451 e. The highest BCUT2D eigenvalue weighted by molar-refractivity contribution is 5.52. The van der Waals surface area contributed by atoms with Gasteiger partial charge in [-0.3, -0.25) is 5.10 Å². The van der Waals surface area contributed by atoms with Gasteiger partial charge < -0.3 is 5.32 Å². The molecule has 102 valence electrons. The molecule has 0 fully saturated rings. The molecule has 0 amide bonds. The van der Waals surface area contributed by atoms with E-state index in [0.717, 1.165) is 5.69 Å². The maximum Gasteiger partial charge on any atom is 0.451 e. The Labute approximate surface area is 107 Å². The van der Waals surface area contributed by atoms with Gasteiger partial charge >= 0.3 is 6.18 Å². The number of hydrogen-bond donors (Lipinski definition) is 2. The minimum atomic E-state index is -4.57. The predicted octanol–water partition coefficient (Wildman–Crippen LogP) is 2.83. The second kappa shape index (κ2) is 4.87. The van der Waals surface area contributed by atoms with Crippen molar-refractivity contribution in [2.45, 2.75) is 26.4 Å². The number of H-pyrrole nitrogens is 1. The summed E-state index contributed by atoms with van der Waals surface area (Å²) < 4.78 is 38.0. The molecule has 2 N–H and O–H groups in total. The monoisotopic (exact) mass is 271 g/mol. The Morgan fingerprint density at radius 1 is 1.21 bits per heavy atom. The topological polar surface area (TPSA) is 66.5 Å². The summed E-state index contributed by atoms with van der Waals surface area (Å²) in [5.74, 6) is -0.668. The van der Waals surface area contributed by atoms with Gasteiger partial charge in [-0.25, -0.2) is 9.97 Å². The first kappa shape index (κ1) is 13.3. The first-order valence-corrected chi connectivity index (χ1v) is 5.62. The first-order chi connectivity index (χ1) is 8.88. The highest BCUT2D eigenvalue weighted by Gasteiger charge is 2.35. The summed E-state index contributed by atoms with van der Waals surface area (Å²) in [7, 11) is 0. The predicted molar refractivity (Wildman–Crippen MR) is 63.0 cm³/mol. The van der Waals surface area contributed by atoms with Crippen molar-refractivity contribution in [2.75, 3.05) is 5.32 Å². The van der Waals surface area contributed by atoms with E-state index in [1.54, 1.807) is 19.9 Å². The van der Waals surface area contributed by atoms with Gasteiger partial charge in [0, 0.05) is 23.5 Å². The van der Waals surface area contributed by atoms with Crippen LogP contribution in [-0.4, -0.2) is 20.2 Å². The molecule has 0 saturated carbocycles. The molecule has 2 aromatic rings. The number of nitrogens with zero attached hydrogens (tertiary/aromatic N) is 3. The third kappa shape index (κ3) is 3.21. The van der Waals surface area contributed by atoms with Crippen LogP contribution in [0, 0.1) is 6.92 Å². The van der Waals surface area contributed by atoms with Crippen LogP contribution in [0.4, 0.5) is 24.8 Å². The molecule has 0 atom stereocenters. The number of aryl methyl sites for hydroxylation is 2. The number of aromatic amines is 1. The number of anilines is 2. The molecule has 0 aliphatic carbocycles. The van der Waals surface area contributed by atoms with Crippen LogP contribution in [0.25, 0.3) is 0 Å². The van der Waals surface area contributed by atoms with Crippen LogP contribution in [0.15, 0.2) is 12.1 Å². The molecule has 2 aromatic heterocycles. The second-order valence-electron chi connectivity index (χ2n) is 3.98. The zero-order valence-corrected chi connectivity index (χ0v) is 10.3. The molecule has 0 spiro atoms. The van der Waals surface area contributed by atoms with Crippen molar-refractivity contribution < 1.29 is 13.2 Å². The van der Waals surface area contributed by atoms with E-state index in [1.807, 2.05) is 0 Å². The van der Waals surface area contributed by atoms with Crippen molar-refractivity contribution in [3.05, 3.63) is 29.3 Å². The standard InChI is InChI=1S/C11H12F3N5/c1-3-7-5-8(16-9-4-6(2)18-19-9)17-10(15-7)11(12,13)14/h4-5H,3H2,1-2H3,(H2,15,16,17,18,19). The minimum Gasteiger partial charge on any atom is -0.323 e. The van der Waals surface area contributed by atoms with Gasteiger partial charge in [-0.15, -0.1) is 0 Å². The number of halogens is 3. The smallest absolute Gasteiger partial charge is 0.323 e. The number of hydrogen-bond acceptors (Lipinski definition) is 4. The molecule has 2 rings (SSSR count). The fourth-order valence-corrected chi connectivity index (χ4v) is 1.48. The average molecular weight is 271 g/mol. The fraction of sp³-hybridized carbons (Fsp3) is 0.364. The minimum absolute atomic E-state index is 0.0747. The number of aromatic nitrogens is 4. The Hall–Kier alpha value is -2.12. The molecule has 0 unspecified atom stereocenters. The Balaban J connectivity index is 2.34. The molecular formula is C11H12F3N5. The van der Waals surface area contributed by atoms with E-state index in [2.05, 4.69) is 25.5 Å². The molecule has 0 aliphatic rings. The maximum absolute atomic E-state index is 12.7. The van der Waals surface area contributed by atoms with Gasteiger partial charge in [0.05, 0.1) is 0 Å². The lowest BCUT2D eigenvalue weighted by Crippen LogP contribution is -2.13. The molecule has 2 heterocycles. The molecule has 0 aliphatic heterocycles. The summed E-state index contributed by atoms with van der Waals surface area (Å²) in [4.78, 5) is 6.92. The number of nitrogens with one attached hydrogen (secondary N) is 2. The van der Waals surface area contributed by atoms with Crippen molar-refractivity contribution in [3.8, 4) is 0 Å². The normalized spacial score (nSPS) is 11.6. The van der Waals surface area contributed by atoms with E-state index in [1.165, 1.54) is 6.07 Å². The molecule has 0 aromatic carbocycles. The summed E-state index contributed by atoms with van der Waals surface area (Å²) in [6.07, 6.45) is -4.18. The van der Waals surface area contributed by atoms with Gasteiger partial charge in [-0.1, -0.05) is 6.92 Å². The van der Waals surface area contributed by atoms with E-state index in [-0.39, 0.29) is 5.82 Å². The Morgan fingerprint density at radius 3 is 2.47 bits per heavy atom. The first-order valence-electron chi connectivity index (χ1n) is 5.62. The quantitative estimate of drug-likeness (QED) is 0.900. The summed E-state index contributed by atoms with van der Waals surface area (Å²) in [6.45, 7) is 3.52. The van der Waals surface area contributed by atoms with Gasteiger partial charge in [-0.2, -0.15) is 18.3 Å². The van der Waals surface area contributed by atoms with Crippen molar-refractivity contribution in [1.82, 2.24) is 20.2 Å². The van der Waals surface area contributed by atoms with E-state index in [9.17, 15) is 13.2 Å². The van der Waals surface area contributed by atoms with Crippen LogP contribution in [-0.2, 0) is 12.6 Å². The number of rotatable bonds is 3. The fourth-order valence-electron chi connectivity index (χ4n) is 1.48. The molecular weight excluding hydrogens is 259 g/mol. The lowest BCUT2D eigenvalue weighted by molar-refractivity contribution is -0.145. The molecule has 19 heavy (non-hydrogen) atoms. The molecule has 0 saturated heterocycles. The lowest BCUT2D eigenvalue weighted by Gasteiger charge is -2.09. The average Bonchev–Trinajstić information content (AvgIpc) is 2.73. The van der Waals surface area contributed by atoms with Gasteiger partial charge in [0.25, 0.3) is 0 Å². The maximum atomic E-state index is 12.7. The van der Waals surface area contributed by atoms with E-state index >= 15 is 0 Å². The molecule has 8 heteroatoms. The van der Waals surface area contributed by atoms with Crippen LogP contribution in [0.1, 0.15) is 24.1 Å². The summed E-state index contributed by atoms with van der Waals surface area (Å²) in [5, 5.41) is 9.28. The van der Waals surface area contributed by atoms with Crippen LogP contribution in [0.2, 0.25) is 0 Å². The lowest BCUT2D eigenvalue weighted by atomic mass is 10.3. The van der Waals surface area contributed by atoms with Gasteiger partial charge in [0.1, 0.15) is 5.82 Å². The van der Waals surface area contributed by atoms with Crippen molar-refractivity contribution >= 4 is 11.6 Å². The summed E-state index contributed by atoms with van der Waals surface area (Å²) in [5.41, 5.74) is 1.11. The third-order valence-corrected chi connectivity index (χ3v) is 2.36. The molecule has 0 radical (unpaired) electrons. The second-order valence-corrected chi connectivity index (χ2v) is 3.98. The highest BCUT2D eigenvalue weighted by atomic mass is 19.4. The zero-order chi connectivity index (χ0) is 14.0. The Morgan fingerprint density at radius 2 is 1.95 bits per heavy atom. The van der Waals surface area contributed by atoms with Crippen LogP contribution in [0.5, 0.6) is 0 Å². The van der Waals surface area contributed by atoms with Crippen molar-refractivity contribution in [1.29, 1.82) is 0 Å². The van der Waals surface area contributed by atoms with E-state index in [0.29, 0.717) is 17.9 Å². The Bertz CT molecular complexity index is 576. The highest BCUT2D eigenvalue weighted by Crippen LogP contribution is 2.28. The third-order valence-electron chi connectivity index (χ3n) is 2.36. The molecule has 5 nitrogen and oxygen atoms in total. The SMILES string of the molecule is CCc1cc(Nc2cc(C)[nH]n2)nc(C(F)(F)F)n1.